The maximum Gasteiger partial charge on any atom is 0.262 e. The van der Waals surface area contributed by atoms with Gasteiger partial charge in [-0.3, -0.25) is 9.52 Å². The zero-order chi connectivity index (χ0) is 22.6. The third-order valence-corrected chi connectivity index (χ3v) is 6.24. The van der Waals surface area contributed by atoms with Crippen molar-refractivity contribution in [1.29, 1.82) is 0 Å². The van der Waals surface area contributed by atoms with Crippen LogP contribution in [0.25, 0.3) is 0 Å². The van der Waals surface area contributed by atoms with Crippen molar-refractivity contribution in [1.82, 2.24) is 0 Å². The van der Waals surface area contributed by atoms with E-state index in [1.165, 1.54) is 24.3 Å². The van der Waals surface area contributed by atoms with Crippen molar-refractivity contribution >= 4 is 50.5 Å². The van der Waals surface area contributed by atoms with E-state index in [-0.39, 0.29) is 11.5 Å². The molecule has 3 aromatic rings. The molecule has 9 heteroatoms. The molecule has 0 spiro atoms. The summed E-state index contributed by atoms with van der Waals surface area (Å²) >= 11 is 11.8. The van der Waals surface area contributed by atoms with Crippen molar-refractivity contribution in [3.63, 3.8) is 0 Å². The fourth-order valence-corrected chi connectivity index (χ4v) is 4.28. The predicted molar refractivity (Wildman–Crippen MR) is 124 cm³/mol. The van der Waals surface area contributed by atoms with E-state index in [4.69, 9.17) is 27.9 Å². The highest BCUT2D eigenvalue weighted by Gasteiger charge is 2.15. The molecule has 6 nitrogen and oxygen atoms in total. The number of ether oxygens (including phenoxy) is 1. The van der Waals surface area contributed by atoms with Gasteiger partial charge in [0.25, 0.3) is 15.9 Å². The van der Waals surface area contributed by atoms with Crippen molar-refractivity contribution in [3.05, 3.63) is 81.8 Å². The Morgan fingerprint density at radius 2 is 1.52 bits per heavy atom. The quantitative estimate of drug-likeness (QED) is 0.474. The number of sulfonamides is 1. The molecular weight excluding hydrogens is 459 g/mol. The van der Waals surface area contributed by atoms with Crippen LogP contribution >= 0.6 is 23.2 Å². The summed E-state index contributed by atoms with van der Waals surface area (Å²) in [6, 6.07) is 15.8. The van der Waals surface area contributed by atoms with E-state index in [9.17, 15) is 13.2 Å². The molecule has 3 rings (SSSR count). The molecule has 0 aliphatic rings. The van der Waals surface area contributed by atoms with Gasteiger partial charge in [0.05, 0.1) is 4.90 Å². The van der Waals surface area contributed by atoms with Crippen LogP contribution in [0.1, 0.15) is 11.1 Å². The third kappa shape index (κ3) is 6.37. The summed E-state index contributed by atoms with van der Waals surface area (Å²) < 4.78 is 33.2. The van der Waals surface area contributed by atoms with E-state index in [1.807, 2.05) is 19.9 Å². The second-order valence-electron chi connectivity index (χ2n) is 6.87. The Balaban J connectivity index is 1.60. The number of amides is 1. The van der Waals surface area contributed by atoms with Crippen LogP contribution < -0.4 is 14.8 Å². The van der Waals surface area contributed by atoms with Gasteiger partial charge in [-0.1, -0.05) is 29.3 Å². The summed E-state index contributed by atoms with van der Waals surface area (Å²) in [5.74, 6) is -0.0594. The average molecular weight is 479 g/mol. The number of hydrogen-bond donors (Lipinski definition) is 2. The van der Waals surface area contributed by atoms with Gasteiger partial charge < -0.3 is 10.1 Å². The molecule has 162 valence electrons. The van der Waals surface area contributed by atoms with Crippen LogP contribution in [-0.4, -0.2) is 20.9 Å². The number of hydrogen-bond acceptors (Lipinski definition) is 4. The molecule has 1 amide bonds. The van der Waals surface area contributed by atoms with Crippen LogP contribution in [-0.2, 0) is 14.8 Å². The number of carbonyl (C=O) groups excluding carboxylic acids is 1. The summed E-state index contributed by atoms with van der Waals surface area (Å²) in [5, 5.41) is 3.42. The Kier molecular flexibility index (Phi) is 7.10. The van der Waals surface area contributed by atoms with Crippen LogP contribution in [0.3, 0.4) is 0 Å². The van der Waals surface area contributed by atoms with Crippen LogP contribution in [0.15, 0.2) is 65.6 Å². The Bertz CT molecular complexity index is 1190. The monoisotopic (exact) mass is 478 g/mol. The first-order chi connectivity index (χ1) is 14.6. The van der Waals surface area contributed by atoms with Crippen molar-refractivity contribution in [2.24, 2.45) is 0 Å². The molecule has 0 aliphatic carbocycles. The molecule has 0 aromatic heterocycles. The summed E-state index contributed by atoms with van der Waals surface area (Å²) in [6.07, 6.45) is 0. The molecule has 0 radical (unpaired) electrons. The molecule has 0 unspecified atom stereocenters. The van der Waals surface area contributed by atoms with E-state index in [1.54, 1.807) is 30.3 Å². The first-order valence-electron chi connectivity index (χ1n) is 9.21. The first kappa shape index (κ1) is 22.9. The SMILES string of the molecule is Cc1ccc(NS(=O)(=O)c2ccc(OCC(=O)Nc3cc(Cl)cc(Cl)c3)cc2)cc1C. The van der Waals surface area contributed by atoms with E-state index in [0.717, 1.165) is 11.1 Å². The lowest BCUT2D eigenvalue weighted by Gasteiger charge is -2.11. The van der Waals surface area contributed by atoms with Gasteiger partial charge in [-0.2, -0.15) is 0 Å². The first-order valence-corrected chi connectivity index (χ1v) is 11.5. The summed E-state index contributed by atoms with van der Waals surface area (Å²) in [7, 11) is -3.75. The zero-order valence-corrected chi connectivity index (χ0v) is 19.1. The summed E-state index contributed by atoms with van der Waals surface area (Å²) in [4.78, 5) is 12.1. The van der Waals surface area contributed by atoms with Gasteiger partial charge >= 0.3 is 0 Å². The van der Waals surface area contributed by atoms with Crippen molar-refractivity contribution in [3.8, 4) is 5.75 Å². The van der Waals surface area contributed by atoms with Gasteiger partial charge in [0.2, 0.25) is 0 Å². The fourth-order valence-electron chi connectivity index (χ4n) is 2.71. The Morgan fingerprint density at radius 3 is 2.13 bits per heavy atom. The maximum absolute atomic E-state index is 12.6. The van der Waals surface area contributed by atoms with Crippen LogP contribution in [0, 0.1) is 13.8 Å². The van der Waals surface area contributed by atoms with E-state index in [2.05, 4.69) is 10.0 Å². The van der Waals surface area contributed by atoms with Gasteiger partial charge in [0.15, 0.2) is 6.61 Å². The topological polar surface area (TPSA) is 84.5 Å². The minimum atomic E-state index is -3.75. The molecule has 0 fully saturated rings. The normalized spacial score (nSPS) is 11.1. The van der Waals surface area contributed by atoms with Gasteiger partial charge in [-0.05, 0) is 79.6 Å². The molecule has 31 heavy (non-hydrogen) atoms. The molecule has 0 atom stereocenters. The number of rotatable bonds is 7. The van der Waals surface area contributed by atoms with E-state index >= 15 is 0 Å². The standard InChI is InChI=1S/C22H20Cl2N2O4S/c1-14-3-4-18(9-15(14)2)26-31(28,29)21-7-5-20(6-8-21)30-13-22(27)25-19-11-16(23)10-17(24)12-19/h3-12,26H,13H2,1-2H3,(H,25,27). The van der Waals surface area contributed by atoms with Gasteiger partial charge in [-0.25, -0.2) is 8.42 Å². The van der Waals surface area contributed by atoms with Gasteiger partial charge in [0, 0.05) is 21.4 Å². The minimum absolute atomic E-state index is 0.0797. The maximum atomic E-state index is 12.6. The molecule has 0 heterocycles. The Labute approximate surface area is 191 Å². The van der Waals surface area contributed by atoms with Crippen molar-refractivity contribution in [2.45, 2.75) is 18.7 Å². The van der Waals surface area contributed by atoms with Crippen LogP contribution in [0.4, 0.5) is 11.4 Å². The van der Waals surface area contributed by atoms with Gasteiger partial charge in [-0.15, -0.1) is 0 Å². The molecule has 0 aliphatic heterocycles. The highest BCUT2D eigenvalue weighted by molar-refractivity contribution is 7.92. The summed E-state index contributed by atoms with van der Waals surface area (Å²) in [6.45, 7) is 3.60. The predicted octanol–water partition coefficient (Wildman–Crippen LogP) is 5.43. The lowest BCUT2D eigenvalue weighted by atomic mass is 10.1. The molecule has 0 saturated carbocycles. The molecular formula is C22H20Cl2N2O4S. The third-order valence-electron chi connectivity index (χ3n) is 4.41. The van der Waals surface area contributed by atoms with E-state index in [0.29, 0.717) is 27.2 Å². The number of aryl methyl sites for hydroxylation is 2. The Morgan fingerprint density at radius 1 is 0.871 bits per heavy atom. The van der Waals surface area contributed by atoms with E-state index < -0.39 is 15.9 Å². The number of carbonyl (C=O) groups is 1. The molecule has 0 bridgehead atoms. The minimum Gasteiger partial charge on any atom is -0.484 e. The zero-order valence-electron chi connectivity index (χ0n) is 16.8. The number of benzene rings is 3. The lowest BCUT2D eigenvalue weighted by molar-refractivity contribution is -0.118. The van der Waals surface area contributed by atoms with Crippen LogP contribution in [0.5, 0.6) is 5.75 Å². The number of halogens is 2. The lowest BCUT2D eigenvalue weighted by Crippen LogP contribution is -2.20. The highest BCUT2D eigenvalue weighted by Crippen LogP contribution is 2.23. The highest BCUT2D eigenvalue weighted by atomic mass is 35.5. The smallest absolute Gasteiger partial charge is 0.262 e. The number of anilines is 2. The molecule has 2 N–H and O–H groups in total. The van der Waals surface area contributed by atoms with Gasteiger partial charge in [0.1, 0.15) is 5.75 Å². The summed E-state index contributed by atoms with van der Waals surface area (Å²) in [5.41, 5.74) is 3.00. The number of nitrogens with one attached hydrogen (secondary N) is 2. The van der Waals surface area contributed by atoms with Crippen molar-refractivity contribution < 1.29 is 17.9 Å². The average Bonchev–Trinajstić information content (AvgIpc) is 2.68. The second-order valence-corrected chi connectivity index (χ2v) is 9.43. The fraction of sp³-hybridized carbons (Fsp3) is 0.136. The molecule has 0 saturated heterocycles. The molecule has 3 aromatic carbocycles. The van der Waals surface area contributed by atoms with Crippen molar-refractivity contribution in [2.75, 3.05) is 16.6 Å². The van der Waals surface area contributed by atoms with Crippen LogP contribution in [0.2, 0.25) is 10.0 Å². The second kappa shape index (κ2) is 9.60. The largest absolute Gasteiger partial charge is 0.484 e. The Hall–Kier alpha value is -2.74.